The monoisotopic (exact) mass is 267 g/mol. The second-order valence-electron chi connectivity index (χ2n) is 5.19. The van der Waals surface area contributed by atoms with Gasteiger partial charge in [0.25, 0.3) is 5.78 Å². The highest BCUT2D eigenvalue weighted by Gasteiger charge is 2.48. The Hall–Kier alpha value is -1.27. The third-order valence-corrected chi connectivity index (χ3v) is 2.46. The first kappa shape index (κ1) is 14.8. The molecule has 0 aromatic rings. The van der Waals surface area contributed by atoms with Gasteiger partial charge in [-0.3, -0.25) is 9.69 Å². The number of carbonyl (C=O) groups excluding carboxylic acids is 2. The van der Waals surface area contributed by atoms with Gasteiger partial charge >= 0.3 is 12.3 Å². The first-order valence-corrected chi connectivity index (χ1v) is 5.63. The average molecular weight is 267 g/mol. The van der Waals surface area contributed by atoms with Gasteiger partial charge in [-0.15, -0.1) is 0 Å². The SMILES string of the molecule is CC(C)(C)OC(=O)N1CCCC1C(=O)C(F)(F)F. The van der Waals surface area contributed by atoms with E-state index in [0.717, 1.165) is 4.90 Å². The third kappa shape index (κ3) is 3.61. The predicted molar refractivity (Wildman–Crippen MR) is 57.0 cm³/mol. The van der Waals surface area contributed by atoms with Crippen LogP contribution in [-0.2, 0) is 9.53 Å². The zero-order chi connectivity index (χ0) is 14.1. The van der Waals surface area contributed by atoms with E-state index in [1.165, 1.54) is 0 Å². The van der Waals surface area contributed by atoms with Gasteiger partial charge in [-0.25, -0.2) is 4.79 Å². The minimum absolute atomic E-state index is 0.0254. The number of hydrogen-bond donors (Lipinski definition) is 0. The zero-order valence-corrected chi connectivity index (χ0v) is 10.5. The van der Waals surface area contributed by atoms with Gasteiger partial charge in [-0.05, 0) is 33.6 Å². The normalized spacial score (nSPS) is 21.0. The lowest BCUT2D eigenvalue weighted by Crippen LogP contribution is -2.47. The summed E-state index contributed by atoms with van der Waals surface area (Å²) in [6, 6.07) is -1.44. The van der Waals surface area contributed by atoms with Crippen molar-refractivity contribution in [3.8, 4) is 0 Å². The van der Waals surface area contributed by atoms with E-state index in [4.69, 9.17) is 4.74 Å². The van der Waals surface area contributed by atoms with Gasteiger partial charge in [0.15, 0.2) is 0 Å². The highest BCUT2D eigenvalue weighted by molar-refractivity contribution is 5.92. The molecule has 1 fully saturated rings. The van der Waals surface area contributed by atoms with Gasteiger partial charge in [0, 0.05) is 6.54 Å². The van der Waals surface area contributed by atoms with E-state index in [-0.39, 0.29) is 13.0 Å². The molecule has 0 N–H and O–H groups in total. The minimum Gasteiger partial charge on any atom is -0.444 e. The van der Waals surface area contributed by atoms with Gasteiger partial charge in [0.1, 0.15) is 11.6 Å². The fourth-order valence-corrected chi connectivity index (χ4v) is 1.77. The maximum atomic E-state index is 12.3. The Morgan fingerprint density at radius 1 is 1.22 bits per heavy atom. The Morgan fingerprint density at radius 3 is 2.22 bits per heavy atom. The van der Waals surface area contributed by atoms with Crippen molar-refractivity contribution in [2.75, 3.05) is 6.54 Å². The lowest BCUT2D eigenvalue weighted by molar-refractivity contribution is -0.175. The number of ketones is 1. The first-order valence-electron chi connectivity index (χ1n) is 5.63. The van der Waals surface area contributed by atoms with Crippen molar-refractivity contribution in [1.29, 1.82) is 0 Å². The summed E-state index contributed by atoms with van der Waals surface area (Å²) < 4.78 is 42.0. The molecule has 4 nitrogen and oxygen atoms in total. The number of carbonyl (C=O) groups is 2. The molecule has 0 radical (unpaired) electrons. The molecule has 1 aliphatic heterocycles. The van der Waals surface area contributed by atoms with Crippen LogP contribution in [0.3, 0.4) is 0 Å². The standard InChI is InChI=1S/C11H16F3NO3/c1-10(2,3)18-9(17)15-6-4-5-7(15)8(16)11(12,13)14/h7H,4-6H2,1-3H3. The molecule has 0 spiro atoms. The molecular formula is C11H16F3NO3. The number of halogens is 3. The van der Waals surface area contributed by atoms with Crippen LogP contribution in [0.15, 0.2) is 0 Å². The number of hydrogen-bond acceptors (Lipinski definition) is 3. The quantitative estimate of drug-likeness (QED) is 0.733. The van der Waals surface area contributed by atoms with Gasteiger partial charge in [-0.1, -0.05) is 0 Å². The molecule has 0 aromatic carbocycles. The van der Waals surface area contributed by atoms with Crippen LogP contribution in [0.4, 0.5) is 18.0 Å². The molecule has 0 saturated carbocycles. The molecule has 0 bridgehead atoms. The Bertz CT molecular complexity index is 346. The van der Waals surface area contributed by atoms with Crippen LogP contribution < -0.4 is 0 Å². The van der Waals surface area contributed by atoms with E-state index in [1.807, 2.05) is 0 Å². The molecule has 104 valence electrons. The predicted octanol–water partition coefficient (Wildman–Crippen LogP) is 2.52. The van der Waals surface area contributed by atoms with Gasteiger partial charge in [-0.2, -0.15) is 13.2 Å². The number of ether oxygens (including phenoxy) is 1. The molecular weight excluding hydrogens is 251 g/mol. The van der Waals surface area contributed by atoms with Crippen molar-refractivity contribution < 1.29 is 27.5 Å². The second kappa shape index (κ2) is 4.78. The highest BCUT2D eigenvalue weighted by Crippen LogP contribution is 2.28. The minimum atomic E-state index is -4.92. The lowest BCUT2D eigenvalue weighted by Gasteiger charge is -2.28. The number of amides is 1. The topological polar surface area (TPSA) is 46.6 Å². The molecule has 18 heavy (non-hydrogen) atoms. The van der Waals surface area contributed by atoms with E-state index >= 15 is 0 Å². The van der Waals surface area contributed by atoms with Crippen LogP contribution in [0.25, 0.3) is 0 Å². The van der Waals surface area contributed by atoms with Crippen LogP contribution in [0.5, 0.6) is 0 Å². The summed E-state index contributed by atoms with van der Waals surface area (Å²) in [5.41, 5.74) is -0.800. The summed E-state index contributed by atoms with van der Waals surface area (Å²) in [6.45, 7) is 4.95. The Kier molecular flexibility index (Phi) is 3.92. The molecule has 7 heteroatoms. The average Bonchev–Trinajstić information content (AvgIpc) is 2.60. The van der Waals surface area contributed by atoms with Crippen LogP contribution >= 0.6 is 0 Å². The largest absolute Gasteiger partial charge is 0.452 e. The molecule has 0 aromatic heterocycles. The van der Waals surface area contributed by atoms with Crippen molar-refractivity contribution in [3.63, 3.8) is 0 Å². The number of nitrogens with zero attached hydrogens (tertiary/aromatic N) is 1. The summed E-state index contributed by atoms with van der Waals surface area (Å²) in [6.07, 6.45) is -5.40. The van der Waals surface area contributed by atoms with E-state index < -0.39 is 29.7 Å². The fraction of sp³-hybridized carbons (Fsp3) is 0.818. The maximum absolute atomic E-state index is 12.3. The summed E-state index contributed by atoms with van der Waals surface area (Å²) in [5, 5.41) is 0. The van der Waals surface area contributed by atoms with Gasteiger partial charge in [0.05, 0.1) is 0 Å². The number of Topliss-reactive ketones (excluding diaryl/α,β-unsaturated/α-hetero) is 1. The Balaban J connectivity index is 2.77. The molecule has 0 aliphatic carbocycles. The number of likely N-dealkylation sites (tertiary alicyclic amines) is 1. The Morgan fingerprint density at radius 2 is 1.78 bits per heavy atom. The van der Waals surface area contributed by atoms with Crippen LogP contribution in [0.2, 0.25) is 0 Å². The van der Waals surface area contributed by atoms with Crippen molar-refractivity contribution in [2.45, 2.75) is 51.4 Å². The summed E-state index contributed by atoms with van der Waals surface area (Å²) in [5.74, 6) is -1.88. The van der Waals surface area contributed by atoms with Crippen LogP contribution in [-0.4, -0.2) is 41.1 Å². The number of alkyl halides is 3. The Labute approximate surface area is 103 Å². The zero-order valence-electron chi connectivity index (χ0n) is 10.5. The lowest BCUT2D eigenvalue weighted by atomic mass is 10.1. The molecule has 1 atom stereocenters. The van der Waals surface area contributed by atoms with Gasteiger partial charge in [0.2, 0.25) is 0 Å². The number of rotatable bonds is 1. The van der Waals surface area contributed by atoms with E-state index in [0.29, 0.717) is 6.42 Å². The molecule has 1 unspecified atom stereocenters. The van der Waals surface area contributed by atoms with Crippen LogP contribution in [0.1, 0.15) is 33.6 Å². The van der Waals surface area contributed by atoms with Crippen molar-refractivity contribution in [2.24, 2.45) is 0 Å². The smallest absolute Gasteiger partial charge is 0.444 e. The van der Waals surface area contributed by atoms with E-state index in [9.17, 15) is 22.8 Å². The fourth-order valence-electron chi connectivity index (χ4n) is 1.77. The maximum Gasteiger partial charge on any atom is 0.452 e. The van der Waals surface area contributed by atoms with Crippen molar-refractivity contribution >= 4 is 11.9 Å². The van der Waals surface area contributed by atoms with Crippen molar-refractivity contribution in [3.05, 3.63) is 0 Å². The molecule has 1 rings (SSSR count). The second-order valence-corrected chi connectivity index (χ2v) is 5.19. The molecule has 1 heterocycles. The summed E-state index contributed by atoms with van der Waals surface area (Å²) in [4.78, 5) is 23.7. The first-order chi connectivity index (χ1) is 8.02. The molecule has 1 saturated heterocycles. The highest BCUT2D eigenvalue weighted by atomic mass is 19.4. The van der Waals surface area contributed by atoms with E-state index in [2.05, 4.69) is 0 Å². The van der Waals surface area contributed by atoms with E-state index in [1.54, 1.807) is 20.8 Å². The molecule has 1 aliphatic rings. The summed E-state index contributed by atoms with van der Waals surface area (Å²) in [7, 11) is 0. The summed E-state index contributed by atoms with van der Waals surface area (Å²) >= 11 is 0. The van der Waals surface area contributed by atoms with Gasteiger partial charge < -0.3 is 4.74 Å². The van der Waals surface area contributed by atoms with Crippen LogP contribution in [0, 0.1) is 0 Å². The molecule has 1 amide bonds. The third-order valence-electron chi connectivity index (χ3n) is 2.46. The van der Waals surface area contributed by atoms with Crippen molar-refractivity contribution in [1.82, 2.24) is 4.90 Å².